The van der Waals surface area contributed by atoms with Gasteiger partial charge in [-0.2, -0.15) is 0 Å². The molecule has 0 unspecified atom stereocenters. The highest BCUT2D eigenvalue weighted by Crippen LogP contribution is 2.41. The predicted molar refractivity (Wildman–Crippen MR) is 97.0 cm³/mol. The van der Waals surface area contributed by atoms with Crippen molar-refractivity contribution in [2.45, 2.75) is 13.8 Å². The first kappa shape index (κ1) is 17.2. The zero-order chi connectivity index (χ0) is 18.3. The lowest BCUT2D eigenvalue weighted by molar-refractivity contribution is 0.0958. The number of pyridine rings is 1. The van der Waals surface area contributed by atoms with Gasteiger partial charge in [-0.25, -0.2) is 0 Å². The van der Waals surface area contributed by atoms with Gasteiger partial charge in [-0.3, -0.25) is 14.6 Å². The van der Waals surface area contributed by atoms with Crippen molar-refractivity contribution in [3.05, 3.63) is 45.8 Å². The minimum Gasteiger partial charge on any atom is -0.493 e. The summed E-state index contributed by atoms with van der Waals surface area (Å²) < 4.78 is 11.7. The number of furan rings is 1. The normalized spacial score (nSPS) is 10.9. The lowest BCUT2D eigenvalue weighted by Crippen LogP contribution is -2.14. The van der Waals surface area contributed by atoms with Crippen molar-refractivity contribution in [3.8, 4) is 17.0 Å². The number of fused-ring (bicyclic) bond motifs is 1. The van der Waals surface area contributed by atoms with Gasteiger partial charge in [0, 0.05) is 28.5 Å². The van der Waals surface area contributed by atoms with Gasteiger partial charge in [-0.15, -0.1) is 0 Å². The lowest BCUT2D eigenvalue weighted by Gasteiger charge is -2.09. The first-order valence-corrected chi connectivity index (χ1v) is 8.21. The molecule has 0 saturated heterocycles. The van der Waals surface area contributed by atoms with E-state index in [1.54, 1.807) is 18.3 Å². The molecular formula is C18H15BrN2O4. The second kappa shape index (κ2) is 6.33. The van der Waals surface area contributed by atoms with E-state index in [1.165, 1.54) is 14.0 Å². The maximum absolute atomic E-state index is 12.1. The molecule has 2 heterocycles. The van der Waals surface area contributed by atoms with Crippen LogP contribution < -0.4 is 10.5 Å². The molecule has 3 aromatic rings. The number of nitrogens with two attached hydrogens (primary N) is 1. The molecule has 0 aliphatic heterocycles. The topological polar surface area (TPSA) is 95.4 Å². The highest BCUT2D eigenvalue weighted by atomic mass is 79.9. The first-order valence-electron chi connectivity index (χ1n) is 7.42. The molecular weight excluding hydrogens is 388 g/mol. The van der Waals surface area contributed by atoms with Crippen LogP contribution in [0.1, 0.15) is 33.4 Å². The summed E-state index contributed by atoms with van der Waals surface area (Å²) in [6.45, 7) is 3.24. The van der Waals surface area contributed by atoms with Crippen LogP contribution in [0, 0.1) is 6.92 Å². The molecule has 0 saturated carbocycles. The number of methoxy groups -OCH3 is 1. The van der Waals surface area contributed by atoms with Crippen molar-refractivity contribution >= 4 is 38.6 Å². The van der Waals surface area contributed by atoms with E-state index in [-0.39, 0.29) is 16.9 Å². The van der Waals surface area contributed by atoms with Gasteiger partial charge in [-0.05, 0) is 46.6 Å². The van der Waals surface area contributed by atoms with Crippen molar-refractivity contribution in [2.24, 2.45) is 5.73 Å². The van der Waals surface area contributed by atoms with Gasteiger partial charge in [0.25, 0.3) is 5.91 Å². The number of amides is 1. The number of carbonyl (C=O) groups excluding carboxylic acids is 2. The van der Waals surface area contributed by atoms with Gasteiger partial charge in [0.1, 0.15) is 0 Å². The van der Waals surface area contributed by atoms with Crippen LogP contribution in [0.25, 0.3) is 22.2 Å². The molecule has 0 spiro atoms. The van der Waals surface area contributed by atoms with Gasteiger partial charge in [0.2, 0.25) is 0 Å². The molecule has 3 rings (SSSR count). The zero-order valence-electron chi connectivity index (χ0n) is 13.8. The Morgan fingerprint density at radius 2 is 2.04 bits per heavy atom. The van der Waals surface area contributed by atoms with Crippen molar-refractivity contribution < 1.29 is 18.7 Å². The predicted octanol–water partition coefficient (Wildman–Crippen LogP) is 3.88. The second-order valence-corrected chi connectivity index (χ2v) is 6.44. The second-order valence-electron chi connectivity index (χ2n) is 5.59. The fourth-order valence-corrected chi connectivity index (χ4v) is 3.43. The number of hydrogen-bond donors (Lipinski definition) is 1. The number of aromatic nitrogens is 1. The quantitative estimate of drug-likeness (QED) is 0.668. The molecule has 2 aromatic heterocycles. The zero-order valence-corrected chi connectivity index (χ0v) is 15.4. The van der Waals surface area contributed by atoms with Crippen LogP contribution in [-0.2, 0) is 0 Å². The maximum atomic E-state index is 12.1. The fourth-order valence-electron chi connectivity index (χ4n) is 2.75. The standard InChI is InChI=1S/C18H15BrN2O4/c1-8-6-11(19)15(21-7-8)10-4-5-12(24-3)17-13(10)14(18(20)23)16(25-17)9(2)22/h4-7H,1-3H3,(H2,20,23). The van der Waals surface area contributed by atoms with E-state index in [9.17, 15) is 9.59 Å². The van der Waals surface area contributed by atoms with Crippen molar-refractivity contribution in [2.75, 3.05) is 7.11 Å². The maximum Gasteiger partial charge on any atom is 0.253 e. The minimum atomic E-state index is -0.748. The molecule has 2 N–H and O–H groups in total. The summed E-state index contributed by atoms with van der Waals surface area (Å²) in [5.41, 5.74) is 8.06. The van der Waals surface area contributed by atoms with Crippen LogP contribution in [0.5, 0.6) is 5.75 Å². The van der Waals surface area contributed by atoms with E-state index in [2.05, 4.69) is 20.9 Å². The third-order valence-electron chi connectivity index (χ3n) is 3.82. The number of primary amides is 1. The lowest BCUT2D eigenvalue weighted by atomic mass is 10.00. The number of ether oxygens (including phenoxy) is 1. The van der Waals surface area contributed by atoms with E-state index in [0.29, 0.717) is 22.4 Å². The van der Waals surface area contributed by atoms with E-state index in [1.807, 2.05) is 13.0 Å². The molecule has 7 heteroatoms. The molecule has 0 aliphatic carbocycles. The van der Waals surface area contributed by atoms with Crippen LogP contribution >= 0.6 is 15.9 Å². The summed E-state index contributed by atoms with van der Waals surface area (Å²) in [4.78, 5) is 28.4. The Bertz CT molecular complexity index is 1020. The van der Waals surface area contributed by atoms with Crippen LogP contribution in [-0.4, -0.2) is 23.8 Å². The average Bonchev–Trinajstić information content (AvgIpc) is 2.95. The van der Waals surface area contributed by atoms with Gasteiger partial charge in [0.15, 0.2) is 22.9 Å². The molecule has 0 bridgehead atoms. The van der Waals surface area contributed by atoms with Gasteiger partial charge in [0.05, 0.1) is 18.4 Å². The van der Waals surface area contributed by atoms with E-state index < -0.39 is 11.7 Å². The molecule has 128 valence electrons. The van der Waals surface area contributed by atoms with Crippen molar-refractivity contribution in [3.63, 3.8) is 0 Å². The number of Topliss-reactive ketones (excluding diaryl/α,β-unsaturated/α-hetero) is 1. The van der Waals surface area contributed by atoms with Crippen LogP contribution in [0.2, 0.25) is 0 Å². The molecule has 0 aliphatic rings. The number of carbonyl (C=O) groups is 2. The summed E-state index contributed by atoms with van der Waals surface area (Å²) in [6.07, 6.45) is 1.71. The summed E-state index contributed by atoms with van der Waals surface area (Å²) in [5, 5.41) is 0.411. The molecule has 1 amide bonds. The molecule has 0 fully saturated rings. The number of halogens is 1. The van der Waals surface area contributed by atoms with Crippen LogP contribution in [0.3, 0.4) is 0 Å². The fraction of sp³-hybridized carbons (Fsp3) is 0.167. The minimum absolute atomic E-state index is 0.0330. The monoisotopic (exact) mass is 402 g/mol. The number of hydrogen-bond acceptors (Lipinski definition) is 5. The average molecular weight is 403 g/mol. The SMILES string of the molecule is COc1ccc(-c2ncc(C)cc2Br)c2c(C(N)=O)c(C(C)=O)oc12. The van der Waals surface area contributed by atoms with Crippen LogP contribution in [0.4, 0.5) is 0 Å². The smallest absolute Gasteiger partial charge is 0.253 e. The van der Waals surface area contributed by atoms with Crippen molar-refractivity contribution in [1.29, 1.82) is 0 Å². The number of aryl methyl sites for hydroxylation is 1. The Labute approximate surface area is 152 Å². The Morgan fingerprint density at radius 3 is 2.60 bits per heavy atom. The number of ketones is 1. The molecule has 25 heavy (non-hydrogen) atoms. The largest absolute Gasteiger partial charge is 0.493 e. The third kappa shape index (κ3) is 2.80. The van der Waals surface area contributed by atoms with E-state index in [0.717, 1.165) is 10.0 Å². The van der Waals surface area contributed by atoms with E-state index in [4.69, 9.17) is 14.9 Å². The number of nitrogens with zero attached hydrogens (tertiary/aromatic N) is 1. The Kier molecular flexibility index (Phi) is 4.34. The van der Waals surface area contributed by atoms with Gasteiger partial charge < -0.3 is 14.9 Å². The molecule has 0 atom stereocenters. The Balaban J connectivity index is 2.48. The van der Waals surface area contributed by atoms with Gasteiger partial charge >= 0.3 is 0 Å². The highest BCUT2D eigenvalue weighted by molar-refractivity contribution is 9.10. The van der Waals surface area contributed by atoms with Crippen molar-refractivity contribution in [1.82, 2.24) is 4.98 Å². The van der Waals surface area contributed by atoms with Gasteiger partial charge in [-0.1, -0.05) is 0 Å². The highest BCUT2D eigenvalue weighted by Gasteiger charge is 2.27. The Hall–Kier alpha value is -2.67. The summed E-state index contributed by atoms with van der Waals surface area (Å²) in [5.74, 6) is -0.830. The summed E-state index contributed by atoms with van der Waals surface area (Å²) in [7, 11) is 1.48. The van der Waals surface area contributed by atoms with E-state index >= 15 is 0 Å². The molecule has 1 aromatic carbocycles. The summed E-state index contributed by atoms with van der Waals surface area (Å²) in [6, 6.07) is 5.37. The third-order valence-corrected chi connectivity index (χ3v) is 4.43. The first-order chi connectivity index (χ1) is 11.8. The molecule has 0 radical (unpaired) electrons. The number of rotatable bonds is 4. The summed E-state index contributed by atoms with van der Waals surface area (Å²) >= 11 is 3.50. The Morgan fingerprint density at radius 1 is 1.32 bits per heavy atom. The number of benzene rings is 1. The van der Waals surface area contributed by atoms with Crippen LogP contribution in [0.15, 0.2) is 33.3 Å². The molecule has 6 nitrogen and oxygen atoms in total.